The summed E-state index contributed by atoms with van der Waals surface area (Å²) in [6.45, 7) is 1.38. The van der Waals surface area contributed by atoms with E-state index in [1.54, 1.807) is 6.07 Å². The van der Waals surface area contributed by atoms with Gasteiger partial charge in [0.15, 0.2) is 12.0 Å². The van der Waals surface area contributed by atoms with E-state index >= 15 is 0 Å². The van der Waals surface area contributed by atoms with Crippen molar-refractivity contribution in [1.82, 2.24) is 0 Å². The fraction of sp³-hybridized carbons (Fsp3) is 0.250. The van der Waals surface area contributed by atoms with Crippen molar-refractivity contribution in [2.24, 2.45) is 0 Å². The molecule has 0 saturated heterocycles. The molecule has 1 rings (SSSR count). The topological polar surface area (TPSA) is 56.5 Å². The van der Waals surface area contributed by atoms with Gasteiger partial charge in [0.1, 0.15) is 12.4 Å². The van der Waals surface area contributed by atoms with Crippen LogP contribution in [0.4, 0.5) is 0 Å². The van der Waals surface area contributed by atoms with Gasteiger partial charge < -0.3 is 9.15 Å². The van der Waals surface area contributed by atoms with E-state index in [0.717, 1.165) is 0 Å². The average molecular weight is 174 g/mol. The predicted octanol–water partition coefficient (Wildman–Crippen LogP) is 1.16. The number of aldehydes is 1. The molecule has 0 aliphatic rings. The van der Waals surface area contributed by atoms with Gasteiger partial charge in [-0.2, -0.15) is 0 Å². The Bertz CT molecular complexity index is 287. The van der Waals surface area contributed by atoms with Gasteiger partial charge in [-0.25, -0.2) is 0 Å². The molecule has 4 nitrogen and oxygen atoms in total. The van der Waals surface area contributed by atoms with Crippen LogP contribution in [-0.4, -0.2) is 12.3 Å². The molecule has 0 spiro atoms. The first kappa shape index (κ1) is 8.52. The van der Waals surface area contributed by atoms with Gasteiger partial charge in [0.2, 0.25) is 0 Å². The number of carbonyl (C=O) groups excluding carboxylic acids is 2. The molecule has 1 aromatic heterocycles. The summed E-state index contributed by atoms with van der Waals surface area (Å²) >= 11 is 0. The van der Waals surface area contributed by atoms with Crippen molar-refractivity contribution in [1.29, 1.82) is 0 Å². The van der Waals surface area contributed by atoms with E-state index in [9.17, 15) is 9.59 Å². The van der Waals surface area contributed by atoms with Gasteiger partial charge in [0.05, 0.1) is 0 Å². The maximum absolute atomic E-state index is 10.4. The normalized spacial score (nSPS) is 9.42. The molecule has 0 fully saturated rings. The average Bonchev–Trinajstić information content (AvgIpc) is 2.48. The molecule has 0 unspecified atom stereocenters. The zero-order valence-corrected chi connectivity index (χ0v) is 6.57. The largest absolute Gasteiger partial charge is 0.458 e. The maximum atomic E-state index is 10.4. The van der Waals surface area contributed by atoms with Gasteiger partial charge in [0.25, 0.3) is 0 Å². The van der Waals surface area contributed by atoms with Crippen molar-refractivity contribution < 1.29 is 18.7 Å². The molecule has 0 amide bonds. The lowest BCUT2D eigenvalue weighted by atomic mass is 10.8. The van der Waals surface area contributed by atoms with Crippen LogP contribution in [0.15, 0.2) is 16.5 Å². The van der Waals surface area contributed by atoms with Crippen LogP contribution in [-0.2, 0) is 16.1 Å². The highest BCUT2D eigenvalue weighted by atomic mass is 16.6. The molecule has 1 heterocycles. The smallest absolute Gasteiger partial charge is 0.303 e. The first-order valence-corrected chi connectivity index (χ1v) is 3.39. The van der Waals surface area contributed by atoms with Crippen molar-refractivity contribution in [3.63, 3.8) is 0 Å². The fourth-order valence-corrected chi connectivity index (χ4v) is 0.708. The minimum Gasteiger partial charge on any atom is -0.458 e. The molecular weight excluding hydrogens is 166 g/mol. The Kier molecular flexibility index (Phi) is 2.63. The Morgan fingerprint density at radius 1 is 1.67 bits per heavy atom. The highest BCUT2D eigenvalue weighted by Crippen LogP contribution is 2.06. The van der Waals surface area contributed by atoms with Crippen LogP contribution in [0.1, 0.15) is 23.2 Å². The second-order valence-electron chi connectivity index (χ2n) is 2.20. The van der Waals surface area contributed by atoms with Gasteiger partial charge in [-0.1, -0.05) is 0 Å². The molecular formula is C8H8O4. The van der Waals surface area contributed by atoms with Gasteiger partial charge in [-0.15, -0.1) is 0 Å². The van der Waals surface area contributed by atoms with E-state index in [0.29, 0.717) is 12.0 Å². The van der Waals surface area contributed by atoms with Gasteiger partial charge in [-0.05, 0) is 12.1 Å². The standard InChI is InChI=1S/C8H8O4/c1-6(10)11-5-8-3-2-7(4-9)12-8/h2-4H,5H2,1H3/i2+1,3+1,4+1,5+1,7+1,8+1. The second-order valence-corrected chi connectivity index (χ2v) is 2.20. The highest BCUT2D eigenvalue weighted by molar-refractivity contribution is 5.70. The summed E-state index contributed by atoms with van der Waals surface area (Å²) in [6.07, 6.45) is 0.595. The zero-order valence-electron chi connectivity index (χ0n) is 6.57. The fourth-order valence-electron chi connectivity index (χ4n) is 0.708. The van der Waals surface area contributed by atoms with Crippen molar-refractivity contribution in [3.05, 3.63) is 23.7 Å². The van der Waals surface area contributed by atoms with Crippen LogP contribution in [0.25, 0.3) is 0 Å². The third kappa shape index (κ3) is 2.23. The molecule has 0 saturated carbocycles. The summed E-state index contributed by atoms with van der Waals surface area (Å²) < 4.78 is 9.58. The number of esters is 1. The molecule has 0 N–H and O–H groups in total. The zero-order chi connectivity index (χ0) is 8.97. The molecule has 4 heteroatoms. The van der Waals surface area contributed by atoms with Gasteiger partial charge in [-0.3, -0.25) is 9.59 Å². The quantitative estimate of drug-likeness (QED) is 0.392. The SMILES string of the molecule is CC(=O)O[13CH2][13c]1[13cH][13cH][13c]([13CH]=O)o1. The number of rotatable bonds is 3. The molecule has 12 heavy (non-hydrogen) atoms. The Balaban J connectivity index is 2.52. The summed E-state index contributed by atoms with van der Waals surface area (Å²) in [5, 5.41) is 0. The van der Waals surface area contributed by atoms with E-state index < -0.39 is 0 Å². The molecule has 64 valence electrons. The summed E-state index contributed by atoms with van der Waals surface area (Å²) in [5.41, 5.74) is 0. The van der Waals surface area contributed by atoms with Crippen molar-refractivity contribution in [2.75, 3.05) is 0 Å². The summed E-state index contributed by atoms with van der Waals surface area (Å²) in [6, 6.07) is 3.11. The Morgan fingerprint density at radius 3 is 2.92 bits per heavy atom. The number of hydrogen-bond donors (Lipinski definition) is 0. The minimum atomic E-state index is -0.376. The van der Waals surface area contributed by atoms with Crippen LogP contribution >= 0.6 is 0 Å². The third-order valence-corrected chi connectivity index (χ3v) is 1.22. The van der Waals surface area contributed by atoms with E-state index in [1.807, 2.05) is 0 Å². The Hall–Kier alpha value is -1.58. The third-order valence-electron chi connectivity index (χ3n) is 1.22. The Labute approximate surface area is 69.1 Å². The van der Waals surface area contributed by atoms with Gasteiger partial charge in [0, 0.05) is 6.92 Å². The number of ether oxygens (including phenoxy) is 1. The first-order valence-electron chi connectivity index (χ1n) is 3.39. The van der Waals surface area contributed by atoms with Crippen LogP contribution in [0.2, 0.25) is 0 Å². The molecule has 0 aliphatic carbocycles. The molecule has 0 radical (unpaired) electrons. The van der Waals surface area contributed by atoms with Crippen molar-refractivity contribution in [3.8, 4) is 0 Å². The summed E-state index contributed by atoms with van der Waals surface area (Å²) in [5.74, 6) is 0.323. The van der Waals surface area contributed by atoms with Crippen LogP contribution in [0.5, 0.6) is 0 Å². The monoisotopic (exact) mass is 174 g/mol. The maximum Gasteiger partial charge on any atom is 0.303 e. The summed E-state index contributed by atoms with van der Waals surface area (Å²) in [4.78, 5) is 20.5. The highest BCUT2D eigenvalue weighted by Gasteiger charge is 2.01. The van der Waals surface area contributed by atoms with Crippen LogP contribution in [0, 0.1) is 0 Å². The van der Waals surface area contributed by atoms with E-state index in [-0.39, 0.29) is 18.3 Å². The molecule has 0 atom stereocenters. The second kappa shape index (κ2) is 3.71. The lowest BCUT2D eigenvalue weighted by molar-refractivity contribution is -0.142. The molecule has 0 aromatic carbocycles. The number of hydrogen-bond acceptors (Lipinski definition) is 4. The van der Waals surface area contributed by atoms with Gasteiger partial charge >= 0.3 is 5.97 Å². The summed E-state index contributed by atoms with van der Waals surface area (Å²) in [7, 11) is 0. The van der Waals surface area contributed by atoms with Crippen molar-refractivity contribution >= 4 is 12.3 Å². The molecule has 0 aliphatic heterocycles. The van der Waals surface area contributed by atoms with E-state index in [4.69, 9.17) is 4.42 Å². The first-order chi connectivity index (χ1) is 5.72. The van der Waals surface area contributed by atoms with E-state index in [1.165, 1.54) is 13.0 Å². The minimum absolute atomic E-state index is 0.0726. The lowest BCUT2D eigenvalue weighted by Gasteiger charge is -1.96. The number of carbonyl (C=O) groups is 2. The van der Waals surface area contributed by atoms with Crippen LogP contribution < -0.4 is 0 Å². The van der Waals surface area contributed by atoms with E-state index in [2.05, 4.69) is 4.74 Å². The predicted molar refractivity (Wildman–Crippen MR) is 39.6 cm³/mol. The number of furan rings is 1. The molecule has 1 aromatic rings. The van der Waals surface area contributed by atoms with Crippen LogP contribution in [0.3, 0.4) is 0 Å². The molecule has 0 bridgehead atoms. The Morgan fingerprint density at radius 2 is 2.42 bits per heavy atom. The lowest BCUT2D eigenvalue weighted by Crippen LogP contribution is -1.97. The van der Waals surface area contributed by atoms with Crippen molar-refractivity contribution in [2.45, 2.75) is 13.5 Å².